The van der Waals surface area contributed by atoms with Crippen LogP contribution in [0.5, 0.6) is 5.75 Å². The van der Waals surface area contributed by atoms with Crippen molar-refractivity contribution >= 4 is 39.7 Å². The van der Waals surface area contributed by atoms with Gasteiger partial charge in [0.1, 0.15) is 5.75 Å². The van der Waals surface area contributed by atoms with Gasteiger partial charge in [-0.1, -0.05) is 24.6 Å². The zero-order valence-corrected chi connectivity index (χ0v) is 21.4. The molecule has 29 heavy (non-hydrogen) atoms. The summed E-state index contributed by atoms with van der Waals surface area (Å²) in [6.07, 6.45) is 0. The molecule has 0 unspecified atom stereocenters. The van der Waals surface area contributed by atoms with Crippen LogP contribution >= 0.6 is 22.6 Å². The Hall–Kier alpha value is -1.19. The van der Waals surface area contributed by atoms with Crippen LogP contribution in [0.1, 0.15) is 21.5 Å². The van der Waals surface area contributed by atoms with Crippen molar-refractivity contribution < 1.29 is 42.6 Å². The van der Waals surface area contributed by atoms with Gasteiger partial charge in [0.05, 0.1) is 17.8 Å². The van der Waals surface area contributed by atoms with E-state index in [1.807, 2.05) is 28.7 Å². The molecule has 0 bridgehead atoms. The fourth-order valence-electron chi connectivity index (χ4n) is 3.41. The molecule has 0 spiro atoms. The number of hydrogen-bond acceptors (Lipinski definition) is 5. The Morgan fingerprint density at radius 1 is 1.28 bits per heavy atom. The summed E-state index contributed by atoms with van der Waals surface area (Å²) in [7, 11) is 0. The first kappa shape index (κ1) is 24.1. The molecule has 0 aromatic heterocycles. The van der Waals surface area contributed by atoms with Crippen LogP contribution < -0.4 is 4.90 Å². The van der Waals surface area contributed by atoms with Crippen LogP contribution in [0.15, 0.2) is 29.4 Å². The average molecular weight is 577 g/mol. The number of hydrogen-bond donors (Lipinski definition) is 1. The van der Waals surface area contributed by atoms with Crippen molar-refractivity contribution in [2.75, 3.05) is 37.6 Å². The fourth-order valence-corrected chi connectivity index (χ4v) is 3.98. The van der Waals surface area contributed by atoms with Crippen molar-refractivity contribution in [1.29, 1.82) is 0 Å². The average Bonchev–Trinajstić information content (AvgIpc) is 2.65. The first-order chi connectivity index (χ1) is 13.4. The number of aryl methyl sites for hydroxylation is 2. The molecule has 1 fully saturated rings. The van der Waals surface area contributed by atoms with Crippen molar-refractivity contribution in [3.63, 3.8) is 0 Å². The van der Waals surface area contributed by atoms with Crippen molar-refractivity contribution in [1.82, 2.24) is 4.90 Å². The molecule has 1 aliphatic rings. The first-order valence-electron chi connectivity index (χ1n) is 8.96. The van der Waals surface area contributed by atoms with E-state index >= 15 is 0 Å². The summed E-state index contributed by atoms with van der Waals surface area (Å²) in [4.78, 5) is 19.8. The topological polar surface area (TPSA) is 92.5 Å². The van der Waals surface area contributed by atoms with Gasteiger partial charge in [-0.3, -0.25) is 9.69 Å². The molecular weight excluding hydrogens is 556 g/mol. The van der Waals surface area contributed by atoms with Crippen molar-refractivity contribution in [2.45, 2.75) is 13.8 Å². The summed E-state index contributed by atoms with van der Waals surface area (Å²) in [6, 6.07) is 10.4. The molecule has 1 saturated heterocycles. The fraction of sp³-hybridized carbons (Fsp3) is 0.350. The summed E-state index contributed by atoms with van der Waals surface area (Å²) < 4.78 is 0.631. The van der Waals surface area contributed by atoms with Gasteiger partial charge in [0.15, 0.2) is 5.78 Å². The molecule has 0 aliphatic carbocycles. The number of aromatic hydroxyl groups is 1. The summed E-state index contributed by atoms with van der Waals surface area (Å²) >= 11 is 1.99. The summed E-state index contributed by atoms with van der Waals surface area (Å²) in [6.45, 7) is 7.59. The van der Waals surface area contributed by atoms with Crippen LogP contribution in [0.2, 0.25) is 0 Å². The molecule has 0 amide bonds. The number of azide groups is 1. The van der Waals surface area contributed by atoms with Gasteiger partial charge in [-0.2, -0.15) is 23.8 Å². The molecule has 0 saturated carbocycles. The van der Waals surface area contributed by atoms with E-state index in [-0.39, 0.29) is 56.4 Å². The number of Topliss-reactive ketones (excluding diaryl/α,β-unsaturated/α-hetero) is 1. The summed E-state index contributed by atoms with van der Waals surface area (Å²) in [5.41, 5.74) is 12.7. The molecule has 1 N–H and O–H groups in total. The van der Waals surface area contributed by atoms with Gasteiger partial charge in [-0.25, -0.2) is 0 Å². The quantitative estimate of drug-likeness (QED) is 0.143. The minimum atomic E-state index is -0.156. The molecule has 149 valence electrons. The Bertz CT molecular complexity index is 954. The van der Waals surface area contributed by atoms with Gasteiger partial charge in [0, 0.05) is 67.4 Å². The second-order valence-corrected chi connectivity index (χ2v) is 8.07. The molecule has 0 atom stereocenters. The molecule has 3 rings (SSSR count). The summed E-state index contributed by atoms with van der Waals surface area (Å²) in [5, 5.41) is 13.7. The molecule has 7 nitrogen and oxygen atoms in total. The van der Waals surface area contributed by atoms with E-state index in [0.717, 1.165) is 31.9 Å². The SMILES string of the molecule is Cc1c[c-]c(N2CCN(CC(=O)c3cc([125I])c(N=[N+]=[N-])cc3O)CC2)c(C)c1.[Y]. The zero-order chi connectivity index (χ0) is 20.3. The Kier molecular flexibility index (Phi) is 8.91. The van der Waals surface area contributed by atoms with Crippen LogP contribution in [-0.2, 0) is 32.7 Å². The Morgan fingerprint density at radius 3 is 2.59 bits per heavy atom. The first-order valence-corrected chi connectivity index (χ1v) is 10.0. The van der Waals surface area contributed by atoms with E-state index < -0.39 is 0 Å². The van der Waals surface area contributed by atoms with Crippen molar-refractivity contribution in [3.8, 4) is 5.75 Å². The third kappa shape index (κ3) is 5.92. The molecular formula is C20H21IN5O2Y-. The Labute approximate surface area is 209 Å². The smallest absolute Gasteiger partial charge is 0.180 e. The number of carbonyl (C=O) groups is 1. The number of ketones is 1. The third-order valence-electron chi connectivity index (χ3n) is 4.83. The number of phenolic OH excluding ortho intramolecular Hbond substituents is 1. The van der Waals surface area contributed by atoms with E-state index in [0.29, 0.717) is 9.26 Å². The van der Waals surface area contributed by atoms with Crippen molar-refractivity contribution in [2.24, 2.45) is 5.11 Å². The van der Waals surface area contributed by atoms with Gasteiger partial charge in [-0.05, 0) is 40.3 Å². The van der Waals surface area contributed by atoms with Crippen LogP contribution in [-0.4, -0.2) is 48.5 Å². The van der Waals surface area contributed by atoms with Crippen LogP contribution in [0.25, 0.3) is 10.4 Å². The van der Waals surface area contributed by atoms with E-state index in [2.05, 4.69) is 45.8 Å². The summed E-state index contributed by atoms with van der Waals surface area (Å²) in [5.74, 6) is -0.300. The maximum absolute atomic E-state index is 12.7. The number of benzene rings is 2. The Balaban J connectivity index is 0.00000300. The molecule has 1 aliphatic heterocycles. The largest absolute Gasteiger partial charge is 0.507 e. The number of piperazine rings is 1. The monoisotopic (exact) mass is 577 g/mol. The van der Waals surface area contributed by atoms with Crippen LogP contribution in [0.4, 0.5) is 11.4 Å². The van der Waals surface area contributed by atoms with E-state index in [1.165, 1.54) is 17.2 Å². The zero-order valence-electron chi connectivity index (χ0n) is 16.4. The third-order valence-corrected chi connectivity index (χ3v) is 5.69. The van der Waals surface area contributed by atoms with Gasteiger partial charge in [0.2, 0.25) is 0 Å². The van der Waals surface area contributed by atoms with Crippen molar-refractivity contribution in [3.05, 3.63) is 61.0 Å². The Morgan fingerprint density at radius 2 is 1.97 bits per heavy atom. The number of phenols is 1. The van der Waals surface area contributed by atoms with Crippen LogP contribution in [0, 0.1) is 23.5 Å². The molecule has 9 heteroatoms. The predicted octanol–water partition coefficient (Wildman–Crippen LogP) is 4.36. The van der Waals surface area contributed by atoms with Gasteiger partial charge in [-0.15, -0.1) is 5.56 Å². The van der Waals surface area contributed by atoms with E-state index in [4.69, 9.17) is 5.53 Å². The minimum Gasteiger partial charge on any atom is -0.507 e. The predicted molar refractivity (Wildman–Crippen MR) is 117 cm³/mol. The standard InChI is InChI=1S/C20H21IN5O2.Y/c1-13-3-4-18(14(2)9-13)26-7-5-25(6-8-26)12-20(28)15-10-16(21)17(23-24-22)11-19(15)27;/h3,9-11,27H,5-8,12H2,1-2H3;/q-1;/i21-2;. The number of anilines is 1. The molecule has 2 aromatic rings. The number of halogens is 1. The van der Waals surface area contributed by atoms with Gasteiger partial charge in [0.25, 0.3) is 0 Å². The number of carbonyl (C=O) groups excluding carboxylic acids is 1. The van der Waals surface area contributed by atoms with Gasteiger partial charge < -0.3 is 10.0 Å². The minimum absolute atomic E-state index is 0. The van der Waals surface area contributed by atoms with E-state index in [1.54, 1.807) is 6.07 Å². The second-order valence-electron chi connectivity index (χ2n) is 6.91. The number of nitrogens with zero attached hydrogens (tertiary/aromatic N) is 5. The van der Waals surface area contributed by atoms with Crippen LogP contribution in [0.3, 0.4) is 0 Å². The second kappa shape index (κ2) is 10.7. The molecule has 1 heterocycles. The molecule has 1 radical (unpaired) electrons. The maximum atomic E-state index is 12.7. The van der Waals surface area contributed by atoms with E-state index in [9.17, 15) is 9.90 Å². The maximum Gasteiger partial charge on any atom is 0.180 e. The molecule has 2 aromatic carbocycles. The number of rotatable bonds is 5. The van der Waals surface area contributed by atoms with Gasteiger partial charge >= 0.3 is 0 Å². The normalized spacial score (nSPS) is 14.1.